The molecular weight excluding hydrogens is 284 g/mol. The van der Waals surface area contributed by atoms with Crippen molar-refractivity contribution in [3.8, 4) is 0 Å². The molecular formula is C16H18N2O2S. The number of carbonyl (C=O) groups excluding carboxylic acids is 2. The number of rotatable bonds is 2. The number of nitrogens with one attached hydrogen (secondary N) is 1. The van der Waals surface area contributed by atoms with Gasteiger partial charge in [-0.1, -0.05) is 31.0 Å². The largest absolute Gasteiger partial charge is 0.325 e. The van der Waals surface area contributed by atoms with Crippen LogP contribution in [0.3, 0.4) is 0 Å². The molecule has 4 nitrogen and oxygen atoms in total. The van der Waals surface area contributed by atoms with E-state index in [1.807, 2.05) is 16.7 Å². The summed E-state index contributed by atoms with van der Waals surface area (Å²) in [5.41, 5.74) is 0.766. The lowest BCUT2D eigenvalue weighted by atomic mass is 9.93. The third-order valence-corrected chi connectivity index (χ3v) is 6.29. The fraction of sp³-hybridized carbons (Fsp3) is 0.500. The Kier molecular flexibility index (Phi) is 2.99. The van der Waals surface area contributed by atoms with E-state index in [0.717, 1.165) is 31.4 Å². The Bertz CT molecular complexity index is 610. The van der Waals surface area contributed by atoms with Gasteiger partial charge in [0.2, 0.25) is 0 Å². The normalized spacial score (nSPS) is 26.5. The second kappa shape index (κ2) is 4.77. The number of thioether (sulfide) groups is 1. The van der Waals surface area contributed by atoms with Crippen molar-refractivity contribution in [1.29, 1.82) is 0 Å². The van der Waals surface area contributed by atoms with Crippen molar-refractivity contribution >= 4 is 23.7 Å². The monoisotopic (exact) mass is 302 g/mol. The fourth-order valence-corrected chi connectivity index (χ4v) is 5.16. The topological polar surface area (TPSA) is 49.4 Å². The van der Waals surface area contributed by atoms with Crippen LogP contribution in [0.5, 0.6) is 0 Å². The molecule has 0 aromatic heterocycles. The number of nitrogens with zero attached hydrogens (tertiary/aromatic N) is 1. The van der Waals surface area contributed by atoms with Crippen LogP contribution < -0.4 is 5.32 Å². The highest BCUT2D eigenvalue weighted by atomic mass is 32.2. The minimum Gasteiger partial charge on any atom is -0.309 e. The molecule has 1 unspecified atom stereocenters. The molecule has 1 atom stereocenters. The highest BCUT2D eigenvalue weighted by Crippen LogP contribution is 2.44. The summed E-state index contributed by atoms with van der Waals surface area (Å²) >= 11 is 1.85. The maximum Gasteiger partial charge on any atom is 0.325 e. The van der Waals surface area contributed by atoms with Crippen LogP contribution in [-0.2, 0) is 4.79 Å². The first kappa shape index (κ1) is 13.2. The van der Waals surface area contributed by atoms with Crippen molar-refractivity contribution < 1.29 is 9.59 Å². The van der Waals surface area contributed by atoms with Crippen molar-refractivity contribution in [2.75, 3.05) is 12.3 Å². The highest BCUT2D eigenvalue weighted by Gasteiger charge is 2.54. The molecule has 2 heterocycles. The summed E-state index contributed by atoms with van der Waals surface area (Å²) < 4.78 is 0. The maximum absolute atomic E-state index is 12.3. The van der Waals surface area contributed by atoms with Crippen LogP contribution in [0.2, 0.25) is 0 Å². The molecule has 1 aromatic rings. The van der Waals surface area contributed by atoms with Crippen molar-refractivity contribution in [2.24, 2.45) is 0 Å². The van der Waals surface area contributed by atoms with Gasteiger partial charge in [0.05, 0.1) is 0 Å². The first-order chi connectivity index (χ1) is 10.2. The summed E-state index contributed by atoms with van der Waals surface area (Å²) in [5, 5.41) is 2.54. The Morgan fingerprint density at radius 3 is 2.81 bits per heavy atom. The molecule has 21 heavy (non-hydrogen) atoms. The van der Waals surface area contributed by atoms with Crippen molar-refractivity contribution in [3.05, 3.63) is 29.8 Å². The molecule has 1 aliphatic carbocycles. The summed E-state index contributed by atoms with van der Waals surface area (Å²) in [4.78, 5) is 27.6. The smallest absolute Gasteiger partial charge is 0.309 e. The number of amides is 3. The molecule has 4 rings (SSSR count). The van der Waals surface area contributed by atoms with Gasteiger partial charge in [-0.05, 0) is 24.5 Å². The Morgan fingerprint density at radius 1 is 1.24 bits per heavy atom. The second-order valence-electron chi connectivity index (χ2n) is 6.15. The van der Waals surface area contributed by atoms with Gasteiger partial charge in [0.15, 0.2) is 0 Å². The minimum absolute atomic E-state index is 0.0797. The van der Waals surface area contributed by atoms with Crippen LogP contribution in [0.1, 0.15) is 37.2 Å². The average Bonchev–Trinajstić information content (AvgIpc) is 3.17. The lowest BCUT2D eigenvalue weighted by Crippen LogP contribution is -2.48. The first-order valence-electron chi connectivity index (χ1n) is 7.55. The lowest BCUT2D eigenvalue weighted by molar-refractivity contribution is -0.126. The summed E-state index contributed by atoms with van der Waals surface area (Å²) in [6, 6.07) is 8.20. The van der Waals surface area contributed by atoms with Crippen LogP contribution in [0.25, 0.3) is 0 Å². The third kappa shape index (κ3) is 1.90. The van der Waals surface area contributed by atoms with Crippen molar-refractivity contribution in [1.82, 2.24) is 10.2 Å². The maximum atomic E-state index is 12.3. The zero-order valence-corrected chi connectivity index (χ0v) is 12.6. The number of benzene rings is 1. The summed E-state index contributed by atoms with van der Waals surface area (Å²) in [6.07, 6.45) is 3.69. The van der Waals surface area contributed by atoms with E-state index in [2.05, 4.69) is 29.6 Å². The molecule has 2 fully saturated rings. The van der Waals surface area contributed by atoms with Gasteiger partial charge in [-0.2, -0.15) is 0 Å². The molecule has 1 aromatic carbocycles. The summed E-state index contributed by atoms with van der Waals surface area (Å²) in [7, 11) is 0. The van der Waals surface area contributed by atoms with E-state index in [1.165, 1.54) is 10.5 Å². The molecule has 0 radical (unpaired) electrons. The Morgan fingerprint density at radius 2 is 2.00 bits per heavy atom. The molecule has 1 N–H and O–H groups in total. The van der Waals surface area contributed by atoms with Crippen molar-refractivity contribution in [2.45, 2.75) is 42.0 Å². The first-order valence-corrected chi connectivity index (χ1v) is 8.54. The molecule has 5 heteroatoms. The van der Waals surface area contributed by atoms with Gasteiger partial charge in [-0.3, -0.25) is 10.1 Å². The van der Waals surface area contributed by atoms with Gasteiger partial charge in [0, 0.05) is 23.1 Å². The quantitative estimate of drug-likeness (QED) is 0.855. The average molecular weight is 302 g/mol. The van der Waals surface area contributed by atoms with E-state index < -0.39 is 5.54 Å². The third-order valence-electron chi connectivity index (χ3n) is 5.04. The number of carbonyl (C=O) groups is 2. The second-order valence-corrected chi connectivity index (χ2v) is 7.22. The van der Waals surface area contributed by atoms with Crippen LogP contribution >= 0.6 is 11.8 Å². The van der Waals surface area contributed by atoms with E-state index >= 15 is 0 Å². The summed E-state index contributed by atoms with van der Waals surface area (Å²) in [5.74, 6) is 1.25. The molecule has 1 saturated carbocycles. The van der Waals surface area contributed by atoms with Gasteiger partial charge in [0.1, 0.15) is 5.54 Å². The standard InChI is InChI=1S/C16H18N2O2S/c19-14-16(7-3-4-8-16)18(15(20)17-14)9-11-10-21-13-6-2-1-5-12(11)13/h1-2,5-6,11H,3-4,7-10H2,(H,17,19,20). The molecule has 110 valence electrons. The van der Waals surface area contributed by atoms with Gasteiger partial charge < -0.3 is 4.90 Å². The minimum atomic E-state index is -0.556. The number of hydrogen-bond acceptors (Lipinski definition) is 3. The Labute approximate surface area is 128 Å². The zero-order chi connectivity index (χ0) is 14.4. The molecule has 1 saturated heterocycles. The van der Waals surface area contributed by atoms with Crippen molar-refractivity contribution in [3.63, 3.8) is 0 Å². The van der Waals surface area contributed by atoms with Gasteiger partial charge in [-0.25, -0.2) is 4.79 Å². The molecule has 3 aliphatic rings. The number of hydrogen-bond donors (Lipinski definition) is 1. The number of imide groups is 1. The molecule has 0 bridgehead atoms. The van der Waals surface area contributed by atoms with Gasteiger partial charge in [0.25, 0.3) is 5.91 Å². The van der Waals surface area contributed by atoms with Crippen LogP contribution in [0.4, 0.5) is 4.79 Å². The van der Waals surface area contributed by atoms with Crippen LogP contribution in [0.15, 0.2) is 29.2 Å². The van der Waals surface area contributed by atoms with E-state index in [-0.39, 0.29) is 11.9 Å². The zero-order valence-electron chi connectivity index (χ0n) is 11.8. The Balaban J connectivity index is 1.62. The van der Waals surface area contributed by atoms with Crippen LogP contribution in [0, 0.1) is 0 Å². The number of fused-ring (bicyclic) bond motifs is 1. The number of urea groups is 1. The predicted octanol–water partition coefficient (Wildman–Crippen LogP) is 2.74. The highest BCUT2D eigenvalue weighted by molar-refractivity contribution is 7.99. The molecule has 3 amide bonds. The van der Waals surface area contributed by atoms with E-state index in [9.17, 15) is 9.59 Å². The van der Waals surface area contributed by atoms with E-state index in [1.54, 1.807) is 0 Å². The van der Waals surface area contributed by atoms with Gasteiger partial charge >= 0.3 is 6.03 Å². The fourth-order valence-electron chi connectivity index (χ4n) is 3.91. The SMILES string of the molecule is O=C1NC(=O)C2(CCCC2)N1CC1CSc2ccccc21. The molecule has 1 spiro atoms. The predicted molar refractivity (Wildman–Crippen MR) is 81.4 cm³/mol. The summed E-state index contributed by atoms with van der Waals surface area (Å²) in [6.45, 7) is 0.654. The Hall–Kier alpha value is -1.49. The van der Waals surface area contributed by atoms with Gasteiger partial charge in [-0.15, -0.1) is 11.8 Å². The van der Waals surface area contributed by atoms with E-state index in [0.29, 0.717) is 12.5 Å². The van der Waals surface area contributed by atoms with E-state index in [4.69, 9.17) is 0 Å². The van der Waals surface area contributed by atoms with Crippen LogP contribution in [-0.4, -0.2) is 34.7 Å². The molecule has 2 aliphatic heterocycles. The lowest BCUT2D eigenvalue weighted by Gasteiger charge is -2.33.